The Bertz CT molecular complexity index is 821. The van der Waals surface area contributed by atoms with Crippen LogP contribution < -0.4 is 14.8 Å². The predicted octanol–water partition coefficient (Wildman–Crippen LogP) is 1.85. The highest BCUT2D eigenvalue weighted by Gasteiger charge is 2.17. The van der Waals surface area contributed by atoms with Gasteiger partial charge in [0.25, 0.3) is 5.91 Å². The molecular formula is C18H23N3O4S. The van der Waals surface area contributed by atoms with Crippen molar-refractivity contribution in [3.63, 3.8) is 0 Å². The molecule has 140 valence electrons. The van der Waals surface area contributed by atoms with Crippen molar-refractivity contribution >= 4 is 15.9 Å². The number of carbonyl (C=O) groups is 1. The van der Waals surface area contributed by atoms with E-state index in [0.717, 1.165) is 0 Å². The number of aromatic nitrogens is 1. The first kappa shape index (κ1) is 19.9. The maximum atomic E-state index is 12.3. The van der Waals surface area contributed by atoms with Gasteiger partial charge in [0, 0.05) is 12.2 Å². The van der Waals surface area contributed by atoms with Crippen LogP contribution in [0, 0.1) is 0 Å². The lowest BCUT2D eigenvalue weighted by Gasteiger charge is -2.16. The molecule has 0 saturated heterocycles. The quantitative estimate of drug-likeness (QED) is 0.732. The number of carbonyl (C=O) groups excluding carboxylic acids is 1. The van der Waals surface area contributed by atoms with E-state index in [1.807, 2.05) is 13.8 Å². The normalized spacial score (nSPS) is 12.6. The molecule has 0 unspecified atom stereocenters. The van der Waals surface area contributed by atoms with Gasteiger partial charge in [-0.05, 0) is 57.2 Å². The largest absolute Gasteiger partial charge is 0.481 e. The number of amides is 1. The van der Waals surface area contributed by atoms with Crippen LogP contribution in [-0.2, 0) is 21.4 Å². The second-order valence-electron chi connectivity index (χ2n) is 6.04. The van der Waals surface area contributed by atoms with E-state index in [4.69, 9.17) is 4.74 Å². The summed E-state index contributed by atoms with van der Waals surface area (Å²) in [4.78, 5) is 16.0. The van der Waals surface area contributed by atoms with E-state index in [0.29, 0.717) is 11.4 Å². The third-order valence-corrected chi connectivity index (χ3v) is 4.83. The van der Waals surface area contributed by atoms with Gasteiger partial charge in [0.05, 0.1) is 17.1 Å². The number of nitrogens with one attached hydrogen (secondary N) is 2. The molecule has 0 aliphatic heterocycles. The van der Waals surface area contributed by atoms with Gasteiger partial charge in [-0.25, -0.2) is 13.1 Å². The molecule has 7 nitrogen and oxygen atoms in total. The van der Waals surface area contributed by atoms with Crippen LogP contribution in [-0.4, -0.2) is 31.5 Å². The number of hydrogen-bond acceptors (Lipinski definition) is 5. The molecule has 1 aromatic heterocycles. The molecular weight excluding hydrogens is 354 g/mol. The molecule has 2 rings (SSSR count). The van der Waals surface area contributed by atoms with Crippen LogP contribution in [0.2, 0.25) is 0 Å². The summed E-state index contributed by atoms with van der Waals surface area (Å²) < 4.78 is 32.7. The third-order valence-electron chi connectivity index (χ3n) is 3.42. The Hall–Kier alpha value is -2.45. The first-order chi connectivity index (χ1) is 12.3. The fourth-order valence-electron chi connectivity index (χ4n) is 2.11. The molecule has 2 N–H and O–H groups in total. The van der Waals surface area contributed by atoms with Crippen LogP contribution in [0.3, 0.4) is 0 Å². The molecule has 0 saturated carbocycles. The van der Waals surface area contributed by atoms with Crippen molar-refractivity contribution in [2.75, 3.05) is 0 Å². The van der Waals surface area contributed by atoms with Gasteiger partial charge in [-0.2, -0.15) is 0 Å². The summed E-state index contributed by atoms with van der Waals surface area (Å²) in [6.45, 7) is 5.47. The van der Waals surface area contributed by atoms with Gasteiger partial charge in [-0.3, -0.25) is 9.78 Å². The van der Waals surface area contributed by atoms with Crippen LogP contribution in [0.15, 0.2) is 53.6 Å². The number of sulfonamides is 1. The number of rotatable bonds is 8. The zero-order chi connectivity index (χ0) is 19.2. The molecule has 0 aliphatic carbocycles. The van der Waals surface area contributed by atoms with Crippen LogP contribution in [0.1, 0.15) is 26.5 Å². The molecule has 0 bridgehead atoms. The van der Waals surface area contributed by atoms with Gasteiger partial charge >= 0.3 is 0 Å². The average Bonchev–Trinajstić information content (AvgIpc) is 2.61. The van der Waals surface area contributed by atoms with Crippen molar-refractivity contribution in [3.8, 4) is 5.75 Å². The van der Waals surface area contributed by atoms with Crippen molar-refractivity contribution in [3.05, 3.63) is 54.4 Å². The van der Waals surface area contributed by atoms with E-state index in [-0.39, 0.29) is 23.4 Å². The van der Waals surface area contributed by atoms with Gasteiger partial charge in [0.2, 0.25) is 10.0 Å². The van der Waals surface area contributed by atoms with E-state index in [1.165, 1.54) is 24.3 Å². The Morgan fingerprint density at radius 2 is 1.81 bits per heavy atom. The van der Waals surface area contributed by atoms with Crippen molar-refractivity contribution < 1.29 is 17.9 Å². The predicted molar refractivity (Wildman–Crippen MR) is 98.1 cm³/mol. The van der Waals surface area contributed by atoms with E-state index in [1.54, 1.807) is 31.3 Å². The smallest absolute Gasteiger partial charge is 0.260 e. The van der Waals surface area contributed by atoms with Crippen molar-refractivity contribution in [2.24, 2.45) is 0 Å². The summed E-state index contributed by atoms with van der Waals surface area (Å²) in [5.41, 5.74) is 0.626. The summed E-state index contributed by atoms with van der Waals surface area (Å²) in [6.07, 6.45) is 0.925. The second-order valence-corrected chi connectivity index (χ2v) is 7.81. The summed E-state index contributed by atoms with van der Waals surface area (Å²) in [7, 11) is -3.66. The highest BCUT2D eigenvalue weighted by atomic mass is 32.2. The molecule has 1 amide bonds. The zero-order valence-corrected chi connectivity index (χ0v) is 15.8. The first-order valence-corrected chi connectivity index (χ1v) is 9.73. The molecule has 1 atom stereocenters. The van der Waals surface area contributed by atoms with Crippen LogP contribution in [0.25, 0.3) is 0 Å². The molecule has 8 heteroatoms. The standard InChI is InChI=1S/C18H23N3O4S/c1-13(2)21-18(22)14(3)25-16-7-9-17(10-8-16)26(23,24)20-12-15-6-4-5-11-19-15/h4-11,13-14,20H,12H2,1-3H3,(H,21,22)/t14-/m1/s1. The van der Waals surface area contributed by atoms with Gasteiger partial charge < -0.3 is 10.1 Å². The number of pyridine rings is 1. The SMILES string of the molecule is CC(C)NC(=O)[C@@H](C)Oc1ccc(S(=O)(=O)NCc2ccccn2)cc1. The number of ether oxygens (including phenoxy) is 1. The molecule has 0 spiro atoms. The highest BCUT2D eigenvalue weighted by molar-refractivity contribution is 7.89. The van der Waals surface area contributed by atoms with E-state index >= 15 is 0 Å². The summed E-state index contributed by atoms with van der Waals surface area (Å²) in [5, 5.41) is 2.75. The van der Waals surface area contributed by atoms with E-state index < -0.39 is 16.1 Å². The maximum absolute atomic E-state index is 12.3. The molecule has 0 fully saturated rings. The summed E-state index contributed by atoms with van der Waals surface area (Å²) in [6, 6.07) is 11.2. The lowest BCUT2D eigenvalue weighted by molar-refractivity contribution is -0.127. The Labute approximate surface area is 153 Å². The maximum Gasteiger partial charge on any atom is 0.260 e. The fourth-order valence-corrected chi connectivity index (χ4v) is 3.11. The molecule has 0 aliphatic rings. The second kappa shape index (κ2) is 8.77. The van der Waals surface area contributed by atoms with E-state index in [9.17, 15) is 13.2 Å². The number of hydrogen-bond donors (Lipinski definition) is 2. The lowest BCUT2D eigenvalue weighted by Crippen LogP contribution is -2.40. The van der Waals surface area contributed by atoms with Crippen molar-refractivity contribution in [1.82, 2.24) is 15.0 Å². The van der Waals surface area contributed by atoms with Crippen LogP contribution in [0.5, 0.6) is 5.75 Å². The topological polar surface area (TPSA) is 97.4 Å². The average molecular weight is 377 g/mol. The highest BCUT2D eigenvalue weighted by Crippen LogP contribution is 2.17. The Morgan fingerprint density at radius 1 is 1.12 bits per heavy atom. The molecule has 1 heterocycles. The minimum Gasteiger partial charge on any atom is -0.481 e. The molecule has 2 aromatic rings. The van der Waals surface area contributed by atoms with Crippen LogP contribution >= 0.6 is 0 Å². The summed E-state index contributed by atoms with van der Waals surface area (Å²) in [5.74, 6) is 0.189. The minimum absolute atomic E-state index is 0.0197. The number of nitrogens with zero attached hydrogens (tertiary/aromatic N) is 1. The zero-order valence-electron chi connectivity index (χ0n) is 15.0. The molecule has 26 heavy (non-hydrogen) atoms. The first-order valence-electron chi connectivity index (χ1n) is 8.24. The van der Waals surface area contributed by atoms with E-state index in [2.05, 4.69) is 15.0 Å². The molecule has 0 radical (unpaired) electrons. The van der Waals surface area contributed by atoms with Crippen molar-refractivity contribution in [1.29, 1.82) is 0 Å². The Balaban J connectivity index is 1.98. The third kappa shape index (κ3) is 5.82. The van der Waals surface area contributed by atoms with Crippen LogP contribution in [0.4, 0.5) is 0 Å². The van der Waals surface area contributed by atoms with Gasteiger partial charge in [0.1, 0.15) is 5.75 Å². The number of benzene rings is 1. The lowest BCUT2D eigenvalue weighted by atomic mass is 10.3. The van der Waals surface area contributed by atoms with Gasteiger partial charge in [0.15, 0.2) is 6.10 Å². The fraction of sp³-hybridized carbons (Fsp3) is 0.333. The molecule has 1 aromatic carbocycles. The van der Waals surface area contributed by atoms with Gasteiger partial charge in [-0.1, -0.05) is 6.07 Å². The van der Waals surface area contributed by atoms with Gasteiger partial charge in [-0.15, -0.1) is 0 Å². The van der Waals surface area contributed by atoms with Crippen molar-refractivity contribution in [2.45, 2.75) is 44.4 Å². The minimum atomic E-state index is -3.66. The summed E-state index contributed by atoms with van der Waals surface area (Å²) >= 11 is 0. The Morgan fingerprint density at radius 3 is 2.38 bits per heavy atom. The monoisotopic (exact) mass is 377 g/mol. The Kier molecular flexibility index (Phi) is 6.70.